The average molecular weight is 282 g/mol. The Bertz CT molecular complexity index is 603. The lowest BCUT2D eigenvalue weighted by molar-refractivity contribution is -0.0152. The monoisotopic (exact) mass is 282 g/mol. The van der Waals surface area contributed by atoms with Crippen molar-refractivity contribution < 1.29 is 5.11 Å². The van der Waals surface area contributed by atoms with Gasteiger partial charge in [0, 0.05) is 19.1 Å². The Morgan fingerprint density at radius 2 is 2.05 bits per heavy atom. The van der Waals surface area contributed by atoms with Gasteiger partial charge in [-0.1, -0.05) is 24.3 Å². The predicted molar refractivity (Wildman–Crippen MR) is 80.8 cm³/mol. The minimum absolute atomic E-state index is 0.661. The molecule has 0 aromatic heterocycles. The van der Waals surface area contributed by atoms with Crippen LogP contribution in [0, 0.1) is 11.3 Å². The quantitative estimate of drug-likeness (QED) is 0.906. The minimum Gasteiger partial charge on any atom is -0.386 e. The molecular weight excluding hydrogens is 260 g/mol. The number of likely N-dealkylation sites (tertiary alicyclic amines) is 1. The zero-order valence-corrected chi connectivity index (χ0v) is 12.4. The first kappa shape index (κ1) is 13.3. The number of fused-ring (bicyclic) bond motifs is 1. The first-order valence-electron chi connectivity index (χ1n) is 8.15. The number of rotatable bonds is 2. The van der Waals surface area contributed by atoms with E-state index in [1.54, 1.807) is 0 Å². The van der Waals surface area contributed by atoms with Gasteiger partial charge in [-0.25, -0.2) is 0 Å². The number of β-amino-alcohol motifs (C(OH)–C–C–N with tert-alkyl or cyclic N) is 1. The molecule has 2 atom stereocenters. The molecule has 3 aliphatic rings. The van der Waals surface area contributed by atoms with E-state index in [4.69, 9.17) is 0 Å². The van der Waals surface area contributed by atoms with Gasteiger partial charge >= 0.3 is 0 Å². The van der Waals surface area contributed by atoms with E-state index in [1.165, 1.54) is 18.4 Å². The molecule has 1 heterocycles. The van der Waals surface area contributed by atoms with Crippen LogP contribution < -0.4 is 0 Å². The summed E-state index contributed by atoms with van der Waals surface area (Å²) in [5.74, 6) is 0. The molecule has 110 valence electrons. The van der Waals surface area contributed by atoms with E-state index in [0.29, 0.717) is 12.6 Å². The summed E-state index contributed by atoms with van der Waals surface area (Å²) in [7, 11) is 0. The second kappa shape index (κ2) is 4.56. The lowest BCUT2D eigenvalue weighted by atomic mass is 9.61. The Morgan fingerprint density at radius 1 is 1.24 bits per heavy atom. The molecule has 1 aromatic rings. The zero-order chi connectivity index (χ0) is 14.5. The molecule has 0 spiro atoms. The summed E-state index contributed by atoms with van der Waals surface area (Å²) in [6.07, 6.45) is 6.05. The highest BCUT2D eigenvalue weighted by Crippen LogP contribution is 2.49. The Labute approximate surface area is 126 Å². The maximum atomic E-state index is 11.4. The van der Waals surface area contributed by atoms with Crippen LogP contribution in [-0.4, -0.2) is 34.7 Å². The smallest absolute Gasteiger partial charge is 0.112 e. The fourth-order valence-electron chi connectivity index (χ4n) is 4.46. The molecule has 1 saturated carbocycles. The van der Waals surface area contributed by atoms with E-state index in [2.05, 4.69) is 23.1 Å². The third kappa shape index (κ3) is 1.86. The molecule has 2 aliphatic carbocycles. The molecule has 0 amide bonds. The normalized spacial score (nSPS) is 36.2. The highest BCUT2D eigenvalue weighted by molar-refractivity contribution is 5.45. The van der Waals surface area contributed by atoms with E-state index >= 15 is 0 Å². The predicted octanol–water partition coefficient (Wildman–Crippen LogP) is 2.38. The topological polar surface area (TPSA) is 47.3 Å². The zero-order valence-electron chi connectivity index (χ0n) is 12.4. The number of hydrogen-bond donors (Lipinski definition) is 1. The van der Waals surface area contributed by atoms with Crippen LogP contribution in [0.5, 0.6) is 0 Å². The summed E-state index contributed by atoms with van der Waals surface area (Å²) < 4.78 is 0. The lowest BCUT2D eigenvalue weighted by Crippen LogP contribution is -2.54. The average Bonchev–Trinajstić information content (AvgIpc) is 3.29. The molecular formula is C18H22N2O. The van der Waals surface area contributed by atoms with Crippen LogP contribution in [0.2, 0.25) is 0 Å². The molecule has 2 unspecified atom stereocenters. The number of aliphatic hydroxyl groups is 1. The molecule has 2 fully saturated rings. The largest absolute Gasteiger partial charge is 0.386 e. The van der Waals surface area contributed by atoms with Crippen LogP contribution in [0.15, 0.2) is 24.3 Å². The van der Waals surface area contributed by atoms with Gasteiger partial charge in [0.1, 0.15) is 11.0 Å². The number of nitriles is 1. The molecule has 3 heteroatoms. The van der Waals surface area contributed by atoms with Crippen molar-refractivity contribution in [2.45, 2.75) is 55.6 Å². The van der Waals surface area contributed by atoms with Gasteiger partial charge in [-0.05, 0) is 49.7 Å². The molecule has 4 rings (SSSR count). The van der Waals surface area contributed by atoms with Crippen molar-refractivity contribution in [2.24, 2.45) is 0 Å². The number of aryl methyl sites for hydroxylation is 1. The van der Waals surface area contributed by atoms with Crippen molar-refractivity contribution in [3.8, 4) is 6.07 Å². The van der Waals surface area contributed by atoms with E-state index in [1.807, 2.05) is 12.1 Å². The van der Waals surface area contributed by atoms with Crippen molar-refractivity contribution in [3.63, 3.8) is 0 Å². The van der Waals surface area contributed by atoms with Crippen LogP contribution in [0.25, 0.3) is 0 Å². The fraction of sp³-hybridized carbons (Fsp3) is 0.611. The summed E-state index contributed by atoms with van der Waals surface area (Å²) in [4.78, 5) is 2.40. The molecule has 21 heavy (non-hydrogen) atoms. The van der Waals surface area contributed by atoms with Crippen molar-refractivity contribution in [1.29, 1.82) is 5.26 Å². The van der Waals surface area contributed by atoms with Crippen LogP contribution in [-0.2, 0) is 11.8 Å². The van der Waals surface area contributed by atoms with Gasteiger partial charge in [-0.3, -0.25) is 4.90 Å². The van der Waals surface area contributed by atoms with E-state index < -0.39 is 11.0 Å². The third-order valence-electron chi connectivity index (χ3n) is 5.80. The Balaban J connectivity index is 1.76. The molecule has 1 aromatic carbocycles. The molecule has 1 saturated heterocycles. The second-order valence-electron chi connectivity index (χ2n) is 7.01. The van der Waals surface area contributed by atoms with Crippen molar-refractivity contribution in [3.05, 3.63) is 35.4 Å². The molecule has 3 nitrogen and oxygen atoms in total. The van der Waals surface area contributed by atoms with Crippen molar-refractivity contribution in [2.75, 3.05) is 13.1 Å². The van der Waals surface area contributed by atoms with Crippen molar-refractivity contribution >= 4 is 0 Å². The number of benzene rings is 1. The summed E-state index contributed by atoms with van der Waals surface area (Å²) in [6, 6.07) is 11.5. The molecule has 0 bridgehead atoms. The van der Waals surface area contributed by atoms with E-state index in [9.17, 15) is 10.4 Å². The number of hydrogen-bond acceptors (Lipinski definition) is 3. The molecule has 1 aliphatic heterocycles. The van der Waals surface area contributed by atoms with Crippen molar-refractivity contribution in [1.82, 2.24) is 4.90 Å². The fourth-order valence-corrected chi connectivity index (χ4v) is 4.46. The highest BCUT2D eigenvalue weighted by atomic mass is 16.3. The van der Waals surface area contributed by atoms with E-state index in [0.717, 1.165) is 37.8 Å². The first-order chi connectivity index (χ1) is 10.2. The summed E-state index contributed by atoms with van der Waals surface area (Å²) in [6.45, 7) is 1.60. The Hall–Kier alpha value is -1.37. The highest BCUT2D eigenvalue weighted by Gasteiger charge is 2.57. The maximum Gasteiger partial charge on any atom is 0.112 e. The van der Waals surface area contributed by atoms with Gasteiger partial charge in [0.25, 0.3) is 0 Å². The Morgan fingerprint density at radius 3 is 2.81 bits per heavy atom. The van der Waals surface area contributed by atoms with Crippen LogP contribution in [0.4, 0.5) is 0 Å². The summed E-state index contributed by atoms with van der Waals surface area (Å²) >= 11 is 0. The first-order valence-corrected chi connectivity index (χ1v) is 8.15. The van der Waals surface area contributed by atoms with Gasteiger partial charge in [-0.15, -0.1) is 0 Å². The summed E-state index contributed by atoms with van der Waals surface area (Å²) in [5, 5.41) is 21.4. The molecule has 0 radical (unpaired) electrons. The number of nitrogens with zero attached hydrogens (tertiary/aromatic N) is 2. The van der Waals surface area contributed by atoms with Gasteiger partial charge in [0.15, 0.2) is 0 Å². The van der Waals surface area contributed by atoms with Gasteiger partial charge in [-0.2, -0.15) is 5.26 Å². The van der Waals surface area contributed by atoms with Gasteiger partial charge < -0.3 is 5.11 Å². The van der Waals surface area contributed by atoms with Crippen LogP contribution in [0.3, 0.4) is 0 Å². The Kier molecular flexibility index (Phi) is 2.89. The standard InChI is InChI=1S/C18H22N2O/c19-12-17(9-3-5-14-4-1-2-6-16(14)17)18(21)10-11-20(13-18)15-7-8-15/h1-2,4,6,15,21H,3,5,7-11,13H2. The van der Waals surface area contributed by atoms with E-state index in [-0.39, 0.29) is 0 Å². The SMILES string of the molecule is N#CC1(C2(O)CCN(C3CC3)C2)CCCc2ccccc21. The minimum atomic E-state index is -0.888. The van der Waals surface area contributed by atoms with Gasteiger partial charge in [0.05, 0.1) is 6.07 Å². The van der Waals surface area contributed by atoms with Crippen LogP contribution in [0.1, 0.15) is 43.2 Å². The maximum absolute atomic E-state index is 11.4. The van der Waals surface area contributed by atoms with Crippen LogP contribution >= 0.6 is 0 Å². The third-order valence-corrected chi connectivity index (χ3v) is 5.80. The second-order valence-corrected chi connectivity index (χ2v) is 7.01. The lowest BCUT2D eigenvalue weighted by Gasteiger charge is -2.44. The summed E-state index contributed by atoms with van der Waals surface area (Å²) in [5.41, 5.74) is 0.731. The molecule has 1 N–H and O–H groups in total. The van der Waals surface area contributed by atoms with Gasteiger partial charge in [0.2, 0.25) is 0 Å².